The van der Waals surface area contributed by atoms with Crippen molar-refractivity contribution in [1.82, 2.24) is 9.80 Å². The average molecular weight is 268 g/mol. The van der Waals surface area contributed by atoms with Crippen molar-refractivity contribution < 1.29 is 14.7 Å². The van der Waals surface area contributed by atoms with Gasteiger partial charge < -0.3 is 14.9 Å². The van der Waals surface area contributed by atoms with E-state index in [0.717, 1.165) is 19.5 Å². The second kappa shape index (κ2) is 5.39. The van der Waals surface area contributed by atoms with Gasteiger partial charge in [-0.05, 0) is 30.6 Å². The van der Waals surface area contributed by atoms with E-state index in [9.17, 15) is 14.7 Å². The first-order valence-electron chi connectivity index (χ1n) is 7.18. The zero-order valence-electron chi connectivity index (χ0n) is 12.0. The Bertz CT molecular complexity index is 362. The summed E-state index contributed by atoms with van der Waals surface area (Å²) in [5, 5.41) is 9.31. The van der Waals surface area contributed by atoms with Gasteiger partial charge >= 0.3 is 12.0 Å². The summed E-state index contributed by atoms with van der Waals surface area (Å²) in [7, 11) is 0. The number of aliphatic carboxylic acids is 1. The van der Waals surface area contributed by atoms with Crippen molar-refractivity contribution in [2.45, 2.75) is 39.7 Å². The number of urea groups is 1. The third kappa shape index (κ3) is 2.85. The Balaban J connectivity index is 2.07. The van der Waals surface area contributed by atoms with Crippen LogP contribution in [0, 0.1) is 17.8 Å². The van der Waals surface area contributed by atoms with E-state index in [2.05, 4.69) is 20.8 Å². The largest absolute Gasteiger partial charge is 0.480 e. The van der Waals surface area contributed by atoms with Crippen molar-refractivity contribution in [3.05, 3.63) is 0 Å². The molecule has 2 fully saturated rings. The molecule has 0 aromatic heterocycles. The van der Waals surface area contributed by atoms with E-state index >= 15 is 0 Å². The molecule has 2 heterocycles. The van der Waals surface area contributed by atoms with Crippen LogP contribution in [-0.2, 0) is 4.79 Å². The molecule has 2 aliphatic heterocycles. The van der Waals surface area contributed by atoms with Crippen LogP contribution < -0.4 is 0 Å². The molecule has 0 aromatic rings. The lowest BCUT2D eigenvalue weighted by Gasteiger charge is -2.38. The van der Waals surface area contributed by atoms with Crippen LogP contribution in [0.1, 0.15) is 33.6 Å². The van der Waals surface area contributed by atoms with Crippen molar-refractivity contribution in [3.63, 3.8) is 0 Å². The number of amides is 2. The predicted molar refractivity (Wildman–Crippen MR) is 71.8 cm³/mol. The molecule has 1 N–H and O–H groups in total. The minimum absolute atomic E-state index is 0.0875. The lowest BCUT2D eigenvalue weighted by atomic mass is 9.93. The highest BCUT2D eigenvalue weighted by atomic mass is 16.4. The zero-order valence-corrected chi connectivity index (χ0v) is 12.0. The number of piperidine rings is 1. The van der Waals surface area contributed by atoms with Crippen LogP contribution in [-0.4, -0.2) is 52.6 Å². The monoisotopic (exact) mass is 268 g/mol. The Morgan fingerprint density at radius 2 is 1.68 bits per heavy atom. The first-order chi connectivity index (χ1) is 8.90. The lowest BCUT2D eigenvalue weighted by molar-refractivity contribution is -0.144. The molecule has 5 nitrogen and oxygen atoms in total. The predicted octanol–water partition coefficient (Wildman–Crippen LogP) is 1.88. The quantitative estimate of drug-likeness (QED) is 0.790. The van der Waals surface area contributed by atoms with E-state index in [4.69, 9.17) is 0 Å². The second-order valence-electron chi connectivity index (χ2n) is 6.32. The fraction of sp³-hybridized carbons (Fsp3) is 0.857. The molecule has 0 bridgehead atoms. The van der Waals surface area contributed by atoms with Crippen molar-refractivity contribution in [3.8, 4) is 0 Å². The summed E-state index contributed by atoms with van der Waals surface area (Å²) in [6.45, 7) is 8.40. The number of carboxylic acids is 1. The number of hydrogen-bond acceptors (Lipinski definition) is 2. The number of rotatable bonds is 1. The van der Waals surface area contributed by atoms with Gasteiger partial charge in [0.05, 0.1) is 0 Å². The summed E-state index contributed by atoms with van der Waals surface area (Å²) in [6, 6.07) is -0.738. The molecular weight excluding hydrogens is 244 g/mol. The van der Waals surface area contributed by atoms with E-state index in [-0.39, 0.29) is 6.03 Å². The molecule has 5 heteroatoms. The Morgan fingerprint density at radius 1 is 1.11 bits per heavy atom. The van der Waals surface area contributed by atoms with E-state index < -0.39 is 12.0 Å². The molecule has 4 unspecified atom stereocenters. The van der Waals surface area contributed by atoms with Crippen LogP contribution >= 0.6 is 0 Å². The first-order valence-corrected chi connectivity index (χ1v) is 7.18. The van der Waals surface area contributed by atoms with E-state index in [1.54, 1.807) is 4.90 Å². The van der Waals surface area contributed by atoms with Gasteiger partial charge in [0, 0.05) is 19.6 Å². The van der Waals surface area contributed by atoms with Crippen LogP contribution in [0.25, 0.3) is 0 Å². The Kier molecular flexibility index (Phi) is 4.02. The topological polar surface area (TPSA) is 60.9 Å². The van der Waals surface area contributed by atoms with Crippen molar-refractivity contribution >= 4 is 12.0 Å². The molecule has 19 heavy (non-hydrogen) atoms. The smallest absolute Gasteiger partial charge is 0.326 e. The minimum atomic E-state index is -0.875. The third-order valence-electron chi connectivity index (χ3n) is 4.65. The normalized spacial score (nSPS) is 35.5. The molecule has 4 atom stereocenters. The number of carbonyl (C=O) groups is 2. The lowest BCUT2D eigenvalue weighted by Crippen LogP contribution is -2.54. The molecule has 0 aromatic carbocycles. The molecule has 2 rings (SSSR count). The van der Waals surface area contributed by atoms with E-state index in [1.807, 2.05) is 4.90 Å². The standard InChI is InChI=1S/C14H24N2O3/c1-9-4-5-16(12(6-9)13(17)18)14(19)15-7-10(2)11(3)8-15/h9-12H,4-8H2,1-3H3,(H,17,18). The molecule has 0 spiro atoms. The van der Waals surface area contributed by atoms with Gasteiger partial charge in [0.1, 0.15) is 6.04 Å². The summed E-state index contributed by atoms with van der Waals surface area (Å²) < 4.78 is 0. The summed E-state index contributed by atoms with van der Waals surface area (Å²) in [6.07, 6.45) is 1.47. The van der Waals surface area contributed by atoms with Gasteiger partial charge in [-0.2, -0.15) is 0 Å². The Morgan fingerprint density at radius 3 is 2.21 bits per heavy atom. The molecule has 2 saturated heterocycles. The maximum Gasteiger partial charge on any atom is 0.326 e. The number of carboxylic acid groups (broad SMARTS) is 1. The van der Waals surface area contributed by atoms with E-state index in [1.165, 1.54) is 0 Å². The minimum Gasteiger partial charge on any atom is -0.480 e. The van der Waals surface area contributed by atoms with Gasteiger partial charge in [-0.15, -0.1) is 0 Å². The molecule has 0 aliphatic carbocycles. The van der Waals surface area contributed by atoms with Gasteiger partial charge in [-0.25, -0.2) is 9.59 Å². The molecule has 108 valence electrons. The maximum atomic E-state index is 12.5. The molecule has 0 radical (unpaired) electrons. The van der Waals surface area contributed by atoms with E-state index in [0.29, 0.717) is 30.7 Å². The van der Waals surface area contributed by atoms with Crippen molar-refractivity contribution in [2.24, 2.45) is 17.8 Å². The van der Waals surface area contributed by atoms with Crippen molar-refractivity contribution in [2.75, 3.05) is 19.6 Å². The SMILES string of the molecule is CC1CCN(C(=O)N2CC(C)C(C)C2)C(C(=O)O)C1. The fourth-order valence-corrected chi connectivity index (χ4v) is 3.07. The van der Waals surface area contributed by atoms with Crippen LogP contribution in [0.3, 0.4) is 0 Å². The van der Waals surface area contributed by atoms with Gasteiger partial charge in [-0.3, -0.25) is 0 Å². The second-order valence-corrected chi connectivity index (χ2v) is 6.32. The van der Waals surface area contributed by atoms with Crippen LogP contribution in [0.4, 0.5) is 4.79 Å². The third-order valence-corrected chi connectivity index (χ3v) is 4.65. The number of carbonyl (C=O) groups excluding carboxylic acids is 1. The highest BCUT2D eigenvalue weighted by molar-refractivity contribution is 5.83. The summed E-state index contributed by atoms with van der Waals surface area (Å²) in [5.74, 6) is 0.494. The van der Waals surface area contributed by atoms with Crippen molar-refractivity contribution in [1.29, 1.82) is 0 Å². The van der Waals surface area contributed by atoms with Gasteiger partial charge in [0.25, 0.3) is 0 Å². The molecule has 2 aliphatic rings. The molecule has 0 saturated carbocycles. The molecular formula is C14H24N2O3. The van der Waals surface area contributed by atoms with Gasteiger partial charge in [0.15, 0.2) is 0 Å². The maximum absolute atomic E-state index is 12.5. The summed E-state index contributed by atoms with van der Waals surface area (Å²) >= 11 is 0. The van der Waals surface area contributed by atoms with Crippen LogP contribution in [0.15, 0.2) is 0 Å². The Labute approximate surface area is 114 Å². The summed E-state index contributed by atoms with van der Waals surface area (Å²) in [4.78, 5) is 27.2. The highest BCUT2D eigenvalue weighted by Crippen LogP contribution is 2.27. The number of nitrogens with zero attached hydrogens (tertiary/aromatic N) is 2. The molecule has 2 amide bonds. The van der Waals surface area contributed by atoms with Gasteiger partial charge in [0.2, 0.25) is 0 Å². The fourth-order valence-electron chi connectivity index (χ4n) is 3.07. The zero-order chi connectivity index (χ0) is 14.2. The Hall–Kier alpha value is -1.26. The van der Waals surface area contributed by atoms with Crippen LogP contribution in [0.5, 0.6) is 0 Å². The first kappa shape index (κ1) is 14.2. The highest BCUT2D eigenvalue weighted by Gasteiger charge is 2.39. The number of hydrogen-bond donors (Lipinski definition) is 1. The van der Waals surface area contributed by atoms with Gasteiger partial charge in [-0.1, -0.05) is 20.8 Å². The summed E-state index contributed by atoms with van der Waals surface area (Å²) in [5.41, 5.74) is 0. The average Bonchev–Trinajstić information content (AvgIpc) is 2.68. The number of likely N-dealkylation sites (tertiary alicyclic amines) is 2. The van der Waals surface area contributed by atoms with Crippen LogP contribution in [0.2, 0.25) is 0 Å².